The quantitative estimate of drug-likeness (QED) is 0.0610. The first-order valence-corrected chi connectivity index (χ1v) is 22.4. The number of fused-ring (bicyclic) bond motifs is 6. The van der Waals surface area contributed by atoms with Crippen LogP contribution in [0.3, 0.4) is 0 Å². The Balaban J connectivity index is 0.917. The number of nitrogens with zero attached hydrogens (tertiary/aromatic N) is 2. The van der Waals surface area contributed by atoms with Gasteiger partial charge in [0.2, 0.25) is 0 Å². The Labute approximate surface area is 363 Å². The van der Waals surface area contributed by atoms with Crippen molar-refractivity contribution in [1.29, 1.82) is 0 Å². The number of carbonyl (C=O) groups is 8. The lowest BCUT2D eigenvalue weighted by molar-refractivity contribution is -0.200. The van der Waals surface area contributed by atoms with Crippen LogP contribution in [0.4, 0.5) is 4.79 Å². The molecular formula is C45H39N3O12S2. The van der Waals surface area contributed by atoms with Crippen LogP contribution in [-0.4, -0.2) is 88.5 Å². The van der Waals surface area contributed by atoms with E-state index in [0.29, 0.717) is 10.1 Å². The summed E-state index contributed by atoms with van der Waals surface area (Å²) in [6.07, 6.45) is -1.97. The number of amides is 5. The summed E-state index contributed by atoms with van der Waals surface area (Å²) >= 11 is 0. The number of nitrogens with one attached hydrogen (secondary N) is 1. The van der Waals surface area contributed by atoms with E-state index >= 15 is 0 Å². The number of rotatable bonds is 16. The molecule has 2 saturated heterocycles. The molecule has 0 aromatic heterocycles. The maximum atomic E-state index is 13.5. The number of hydroxylamine groups is 4. The molecule has 15 nitrogen and oxygen atoms in total. The van der Waals surface area contributed by atoms with Crippen LogP contribution in [0, 0.1) is 5.92 Å². The molecule has 2 fully saturated rings. The van der Waals surface area contributed by atoms with Crippen LogP contribution in [0.1, 0.15) is 66.2 Å². The summed E-state index contributed by atoms with van der Waals surface area (Å²) in [5.41, 5.74) is 8.04. The predicted molar refractivity (Wildman–Crippen MR) is 224 cm³/mol. The first-order valence-electron chi connectivity index (χ1n) is 19.9. The van der Waals surface area contributed by atoms with Gasteiger partial charge in [-0.1, -0.05) is 119 Å². The van der Waals surface area contributed by atoms with Gasteiger partial charge in [0.1, 0.15) is 19.3 Å². The minimum absolute atomic E-state index is 0.00697. The van der Waals surface area contributed by atoms with E-state index in [2.05, 4.69) is 5.32 Å². The zero-order chi connectivity index (χ0) is 43.3. The minimum atomic E-state index is -1.45. The van der Waals surface area contributed by atoms with Crippen molar-refractivity contribution in [3.8, 4) is 22.3 Å². The van der Waals surface area contributed by atoms with Crippen molar-refractivity contribution in [1.82, 2.24) is 15.4 Å². The van der Waals surface area contributed by atoms with E-state index in [-0.39, 0.29) is 62.2 Å². The number of hydrogen-bond acceptors (Lipinski definition) is 14. The fourth-order valence-electron chi connectivity index (χ4n) is 7.92. The Kier molecular flexibility index (Phi) is 12.7. The van der Waals surface area contributed by atoms with Gasteiger partial charge in [0, 0.05) is 49.0 Å². The van der Waals surface area contributed by atoms with Crippen LogP contribution in [0.15, 0.2) is 97.1 Å². The molecule has 2 heterocycles. The molecule has 0 radical (unpaired) electrons. The predicted octanol–water partition coefficient (Wildman–Crippen LogP) is 5.85. The third-order valence-corrected chi connectivity index (χ3v) is 13.5. The van der Waals surface area contributed by atoms with Crippen molar-refractivity contribution < 1.29 is 57.5 Å². The third-order valence-electron chi connectivity index (χ3n) is 11.0. The number of benzene rings is 4. The zero-order valence-electron chi connectivity index (χ0n) is 33.0. The van der Waals surface area contributed by atoms with Gasteiger partial charge in [-0.3, -0.25) is 24.0 Å². The average molecular weight is 878 g/mol. The van der Waals surface area contributed by atoms with Crippen LogP contribution in [-0.2, 0) is 52.7 Å². The highest BCUT2D eigenvalue weighted by Crippen LogP contribution is 2.46. The fourth-order valence-corrected chi connectivity index (χ4v) is 10.4. The van der Waals surface area contributed by atoms with E-state index in [9.17, 15) is 38.4 Å². The summed E-state index contributed by atoms with van der Waals surface area (Å²) in [7, 11) is 2.02. The summed E-state index contributed by atoms with van der Waals surface area (Å²) < 4.78 is 11.4. The molecule has 2 aliphatic heterocycles. The minimum Gasteiger partial charge on any atom is -0.465 e. The van der Waals surface area contributed by atoms with E-state index in [1.807, 2.05) is 97.1 Å². The van der Waals surface area contributed by atoms with Gasteiger partial charge in [0.25, 0.3) is 23.6 Å². The lowest BCUT2D eigenvalue weighted by Gasteiger charge is -2.21. The Morgan fingerprint density at radius 1 is 0.548 bits per heavy atom. The summed E-state index contributed by atoms with van der Waals surface area (Å²) in [5.74, 6) is -7.74. The maximum Gasteiger partial charge on any atom is 0.407 e. The highest BCUT2D eigenvalue weighted by Gasteiger charge is 2.38. The van der Waals surface area contributed by atoms with Crippen LogP contribution in [0.2, 0.25) is 0 Å². The van der Waals surface area contributed by atoms with Crippen LogP contribution in [0.5, 0.6) is 0 Å². The van der Waals surface area contributed by atoms with E-state index in [0.717, 1.165) is 66.1 Å². The largest absolute Gasteiger partial charge is 0.465 e. The summed E-state index contributed by atoms with van der Waals surface area (Å²) in [5, 5.41) is 3.25. The molecule has 0 saturated carbocycles. The van der Waals surface area contributed by atoms with Gasteiger partial charge in [-0.05, 0) is 44.5 Å². The topological polar surface area (TPSA) is 192 Å². The van der Waals surface area contributed by atoms with E-state index in [1.165, 1.54) is 0 Å². The molecule has 2 aliphatic carbocycles. The molecule has 17 heteroatoms. The molecule has 2 atom stereocenters. The molecule has 318 valence electrons. The summed E-state index contributed by atoms with van der Waals surface area (Å²) in [6.45, 7) is -0.0682. The molecule has 8 rings (SSSR count). The van der Waals surface area contributed by atoms with E-state index in [1.54, 1.807) is 0 Å². The van der Waals surface area contributed by atoms with Gasteiger partial charge >= 0.3 is 24.0 Å². The van der Waals surface area contributed by atoms with Crippen LogP contribution >= 0.6 is 21.6 Å². The van der Waals surface area contributed by atoms with Crippen molar-refractivity contribution >= 4 is 69.2 Å². The van der Waals surface area contributed by atoms with Crippen molar-refractivity contribution in [2.75, 3.05) is 24.7 Å². The van der Waals surface area contributed by atoms with Gasteiger partial charge in [0.05, 0.1) is 12.3 Å². The van der Waals surface area contributed by atoms with E-state index in [4.69, 9.17) is 19.1 Å². The number of ether oxygens (including phenoxy) is 2. The van der Waals surface area contributed by atoms with Crippen LogP contribution in [0.25, 0.3) is 22.3 Å². The Morgan fingerprint density at radius 2 is 0.935 bits per heavy atom. The van der Waals surface area contributed by atoms with Gasteiger partial charge in [-0.15, -0.1) is 10.1 Å². The standard InChI is InChI=1S/C45H39N3O12S2/c49-38-17-18-39(50)47(38)59-43(54)26(21-42(53)57-22-35-31-13-5-1-9-27(31)28-10-2-6-14-32(28)35)24-61-62-25-37(44(55)60-48-40(51)19-20-41(48)52)46-45(56)58-23-36-33-15-7-3-11-29(33)30-12-4-8-16-34(30)36/h1-16,26,35-37H,17-25H2,(H,46,56). The highest BCUT2D eigenvalue weighted by atomic mass is 33.1. The molecule has 4 aliphatic rings. The Bertz CT molecular complexity index is 2190. The summed E-state index contributed by atoms with van der Waals surface area (Å²) in [4.78, 5) is 113. The lowest BCUT2D eigenvalue weighted by atomic mass is 9.98. The van der Waals surface area contributed by atoms with E-state index < -0.39 is 66.0 Å². The fraction of sp³-hybridized carbons (Fsp3) is 0.289. The third kappa shape index (κ3) is 8.95. The second-order valence-electron chi connectivity index (χ2n) is 14.9. The lowest BCUT2D eigenvalue weighted by Crippen LogP contribution is -2.47. The monoisotopic (exact) mass is 877 g/mol. The molecule has 0 bridgehead atoms. The molecule has 5 amide bonds. The molecule has 4 aromatic rings. The molecule has 1 N–H and O–H groups in total. The second kappa shape index (κ2) is 18.7. The molecular weight excluding hydrogens is 839 g/mol. The number of esters is 1. The van der Waals surface area contributed by atoms with Gasteiger partial charge < -0.3 is 24.5 Å². The van der Waals surface area contributed by atoms with Gasteiger partial charge in [-0.25, -0.2) is 14.4 Å². The first-order chi connectivity index (χ1) is 30.1. The number of hydrogen-bond donors (Lipinski definition) is 1. The molecule has 4 aromatic carbocycles. The number of carbonyl (C=O) groups excluding carboxylic acids is 8. The van der Waals surface area contributed by atoms with Crippen molar-refractivity contribution in [2.24, 2.45) is 5.92 Å². The van der Waals surface area contributed by atoms with Crippen molar-refractivity contribution in [2.45, 2.75) is 50.0 Å². The maximum absolute atomic E-state index is 13.5. The number of imide groups is 2. The first kappa shape index (κ1) is 42.2. The van der Waals surface area contributed by atoms with Gasteiger partial charge in [0.15, 0.2) is 0 Å². The van der Waals surface area contributed by atoms with Crippen molar-refractivity contribution in [3.63, 3.8) is 0 Å². The number of alkyl carbamates (subject to hydrolysis) is 1. The Hall–Kier alpha value is -6.46. The van der Waals surface area contributed by atoms with Gasteiger partial charge in [-0.2, -0.15) is 0 Å². The smallest absolute Gasteiger partial charge is 0.407 e. The average Bonchev–Trinajstić information content (AvgIpc) is 3.99. The normalized spacial score (nSPS) is 16.3. The molecule has 0 spiro atoms. The SMILES string of the molecule is O=C(CC(CSSCC(NC(=O)OCC1c2ccccc2-c2ccccc21)C(=O)ON1C(=O)CCC1=O)C(=O)ON1C(=O)CCC1=O)OCC1c2ccccc2-c2ccccc21. The van der Waals surface area contributed by atoms with Crippen molar-refractivity contribution in [3.05, 3.63) is 119 Å². The summed E-state index contributed by atoms with van der Waals surface area (Å²) in [6, 6.07) is 29.7. The second-order valence-corrected chi connectivity index (χ2v) is 17.4. The zero-order valence-corrected chi connectivity index (χ0v) is 34.7. The molecule has 2 unspecified atom stereocenters. The highest BCUT2D eigenvalue weighted by molar-refractivity contribution is 8.76. The van der Waals surface area contributed by atoms with Crippen LogP contribution < -0.4 is 5.32 Å². The Morgan fingerprint density at radius 3 is 1.39 bits per heavy atom. The molecule has 62 heavy (non-hydrogen) atoms.